The average molecular weight is 477 g/mol. The van der Waals surface area contributed by atoms with Gasteiger partial charge in [0, 0.05) is 19.1 Å². The SMILES string of the molecule is COC(=O)[C@H]1C[C@H](S(=O)(=O)c2ccccc2)[C@@H]2N(Cc3ccccc3)C[C@@H](c3ccccc3)N12. The topological polar surface area (TPSA) is 66.9 Å². The Kier molecular flexibility index (Phi) is 6.25. The summed E-state index contributed by atoms with van der Waals surface area (Å²) >= 11 is 0. The van der Waals surface area contributed by atoms with Crippen LogP contribution in [0.5, 0.6) is 0 Å². The average Bonchev–Trinajstić information content (AvgIpc) is 3.45. The molecule has 0 amide bonds. The quantitative estimate of drug-likeness (QED) is 0.506. The van der Waals surface area contributed by atoms with Crippen molar-refractivity contribution in [1.82, 2.24) is 9.80 Å². The molecule has 0 bridgehead atoms. The molecular formula is C27H28N2O4S. The zero-order valence-corrected chi connectivity index (χ0v) is 19.8. The number of nitrogens with zero attached hydrogens (tertiary/aromatic N) is 2. The maximum Gasteiger partial charge on any atom is 0.323 e. The highest BCUT2D eigenvalue weighted by Gasteiger charge is 2.58. The lowest BCUT2D eigenvalue weighted by atomic mass is 10.0. The third-order valence-corrected chi connectivity index (χ3v) is 9.11. The number of rotatable bonds is 6. The lowest BCUT2D eigenvalue weighted by molar-refractivity contribution is -0.146. The fourth-order valence-corrected chi connectivity index (χ4v) is 7.40. The monoisotopic (exact) mass is 476 g/mol. The first-order valence-corrected chi connectivity index (χ1v) is 13.0. The van der Waals surface area contributed by atoms with Crippen LogP contribution >= 0.6 is 0 Å². The van der Waals surface area contributed by atoms with Crippen molar-refractivity contribution in [3.05, 3.63) is 102 Å². The summed E-state index contributed by atoms with van der Waals surface area (Å²) in [5.74, 6) is -0.391. The van der Waals surface area contributed by atoms with Crippen molar-refractivity contribution in [3.63, 3.8) is 0 Å². The second-order valence-corrected chi connectivity index (χ2v) is 11.0. The lowest BCUT2D eigenvalue weighted by Crippen LogP contribution is -2.46. The van der Waals surface area contributed by atoms with Gasteiger partial charge in [0.15, 0.2) is 9.84 Å². The van der Waals surface area contributed by atoms with Crippen LogP contribution in [0.1, 0.15) is 23.6 Å². The molecule has 0 aliphatic carbocycles. The van der Waals surface area contributed by atoms with Crippen molar-refractivity contribution in [2.45, 2.75) is 41.4 Å². The minimum Gasteiger partial charge on any atom is -0.468 e. The molecule has 4 atom stereocenters. The van der Waals surface area contributed by atoms with Crippen molar-refractivity contribution in [3.8, 4) is 0 Å². The van der Waals surface area contributed by atoms with Gasteiger partial charge >= 0.3 is 5.97 Å². The molecule has 0 unspecified atom stereocenters. The molecule has 3 aromatic rings. The van der Waals surface area contributed by atoms with Gasteiger partial charge in [0.2, 0.25) is 0 Å². The van der Waals surface area contributed by atoms with Crippen molar-refractivity contribution in [2.75, 3.05) is 13.7 Å². The number of hydrogen-bond donors (Lipinski definition) is 0. The molecule has 2 fully saturated rings. The first kappa shape index (κ1) is 22.8. The van der Waals surface area contributed by atoms with E-state index in [1.54, 1.807) is 30.3 Å². The molecule has 0 aromatic heterocycles. The number of methoxy groups -OCH3 is 1. The number of carbonyl (C=O) groups excluding carboxylic acids is 1. The van der Waals surface area contributed by atoms with Crippen molar-refractivity contribution >= 4 is 15.8 Å². The maximum absolute atomic E-state index is 13.9. The second-order valence-electron chi connectivity index (χ2n) is 8.87. The lowest BCUT2D eigenvalue weighted by Gasteiger charge is -2.31. The summed E-state index contributed by atoms with van der Waals surface area (Å²) in [6.45, 7) is 1.22. The Labute approximate surface area is 200 Å². The van der Waals surface area contributed by atoms with Gasteiger partial charge in [-0.3, -0.25) is 14.6 Å². The first-order valence-electron chi connectivity index (χ1n) is 11.5. The van der Waals surface area contributed by atoms with E-state index in [2.05, 4.69) is 9.80 Å². The number of carbonyl (C=O) groups is 1. The number of fused-ring (bicyclic) bond motifs is 1. The predicted molar refractivity (Wildman–Crippen MR) is 129 cm³/mol. The third kappa shape index (κ3) is 4.04. The normalized spacial score (nSPS) is 25.2. The molecule has 7 heteroatoms. The number of benzene rings is 3. The summed E-state index contributed by atoms with van der Waals surface area (Å²) in [7, 11) is -2.32. The number of hydrogen-bond acceptors (Lipinski definition) is 6. The molecule has 2 saturated heterocycles. The van der Waals surface area contributed by atoms with Gasteiger partial charge in [-0.15, -0.1) is 0 Å². The van der Waals surface area contributed by atoms with Gasteiger partial charge in [0.25, 0.3) is 0 Å². The summed E-state index contributed by atoms with van der Waals surface area (Å²) in [5, 5.41) is -0.753. The Balaban J connectivity index is 1.61. The summed E-state index contributed by atoms with van der Waals surface area (Å²) < 4.78 is 32.9. The standard InChI is InChI=1S/C27H28N2O4S/c1-33-27(30)23-17-25(34(31,32)22-15-9-4-10-16-22)26-28(18-20-11-5-2-6-12-20)19-24(29(23)26)21-13-7-3-8-14-21/h2-16,23-26H,17-19H2,1H3/t23-,24+,25+,26-/m1/s1. The largest absolute Gasteiger partial charge is 0.468 e. The van der Waals surface area contributed by atoms with Crippen molar-refractivity contribution in [2.24, 2.45) is 0 Å². The van der Waals surface area contributed by atoms with Crippen LogP contribution in [0.2, 0.25) is 0 Å². The number of ether oxygens (including phenoxy) is 1. The molecule has 0 radical (unpaired) electrons. The van der Waals surface area contributed by atoms with Crippen LogP contribution < -0.4 is 0 Å². The van der Waals surface area contributed by atoms with Gasteiger partial charge < -0.3 is 4.74 Å². The Morgan fingerprint density at radius 1 is 0.912 bits per heavy atom. The fraction of sp³-hybridized carbons (Fsp3) is 0.296. The Hall–Kier alpha value is -3.00. The van der Waals surface area contributed by atoms with E-state index in [9.17, 15) is 13.2 Å². The van der Waals surface area contributed by atoms with Crippen LogP contribution in [0.25, 0.3) is 0 Å². The minimum atomic E-state index is -3.69. The van der Waals surface area contributed by atoms with Crippen molar-refractivity contribution in [1.29, 1.82) is 0 Å². The zero-order valence-electron chi connectivity index (χ0n) is 19.0. The minimum absolute atomic E-state index is 0.116. The van der Waals surface area contributed by atoms with Gasteiger partial charge in [-0.1, -0.05) is 78.9 Å². The summed E-state index contributed by atoms with van der Waals surface area (Å²) in [4.78, 5) is 17.5. The van der Waals surface area contributed by atoms with E-state index in [0.29, 0.717) is 13.1 Å². The number of sulfone groups is 1. The van der Waals surface area contributed by atoms with E-state index in [1.165, 1.54) is 7.11 Å². The Morgan fingerprint density at radius 2 is 1.50 bits per heavy atom. The van der Waals surface area contributed by atoms with E-state index in [-0.39, 0.29) is 17.4 Å². The second kappa shape index (κ2) is 9.33. The zero-order chi connectivity index (χ0) is 23.7. The van der Waals surface area contributed by atoms with Gasteiger partial charge in [-0.25, -0.2) is 8.42 Å². The van der Waals surface area contributed by atoms with Crippen molar-refractivity contribution < 1.29 is 17.9 Å². The molecule has 2 aliphatic rings. The van der Waals surface area contributed by atoms with E-state index >= 15 is 0 Å². The van der Waals surface area contributed by atoms with Crippen LogP contribution in [-0.4, -0.2) is 55.3 Å². The van der Waals surface area contributed by atoms with Crippen LogP contribution in [0.3, 0.4) is 0 Å². The highest BCUT2D eigenvalue weighted by molar-refractivity contribution is 7.92. The van der Waals surface area contributed by atoms with Gasteiger partial charge in [-0.05, 0) is 29.7 Å². The molecule has 176 valence electrons. The van der Waals surface area contributed by atoms with Crippen LogP contribution in [0.4, 0.5) is 0 Å². The molecule has 6 nitrogen and oxygen atoms in total. The van der Waals surface area contributed by atoms with Gasteiger partial charge in [-0.2, -0.15) is 0 Å². The molecule has 2 aliphatic heterocycles. The molecule has 5 rings (SSSR count). The van der Waals surface area contributed by atoms with Crippen LogP contribution in [0.15, 0.2) is 95.9 Å². The van der Waals surface area contributed by atoms with E-state index in [1.807, 2.05) is 60.7 Å². The molecule has 0 saturated carbocycles. The summed E-state index contributed by atoms with van der Waals surface area (Å²) in [6.07, 6.45) is -0.247. The van der Waals surface area contributed by atoms with Gasteiger partial charge in [0.1, 0.15) is 6.04 Å². The maximum atomic E-state index is 13.9. The summed E-state index contributed by atoms with van der Waals surface area (Å²) in [5.41, 5.74) is 2.17. The number of esters is 1. The van der Waals surface area contributed by atoms with E-state index in [4.69, 9.17) is 4.74 Å². The Morgan fingerprint density at radius 3 is 2.12 bits per heavy atom. The summed E-state index contributed by atoms with van der Waals surface area (Å²) in [6, 6.07) is 27.8. The van der Waals surface area contributed by atoms with E-state index in [0.717, 1.165) is 11.1 Å². The first-order chi connectivity index (χ1) is 16.5. The third-order valence-electron chi connectivity index (χ3n) is 6.95. The molecular weight excluding hydrogens is 448 g/mol. The molecule has 0 spiro atoms. The molecule has 2 heterocycles. The molecule has 3 aromatic carbocycles. The van der Waals surface area contributed by atoms with Crippen LogP contribution in [-0.2, 0) is 25.9 Å². The van der Waals surface area contributed by atoms with Gasteiger partial charge in [0.05, 0.1) is 23.4 Å². The molecule has 34 heavy (non-hydrogen) atoms. The fourth-order valence-electron chi connectivity index (χ4n) is 5.44. The predicted octanol–water partition coefficient (Wildman–Crippen LogP) is 3.66. The van der Waals surface area contributed by atoms with E-state index < -0.39 is 33.3 Å². The molecule has 0 N–H and O–H groups in total. The highest BCUT2D eigenvalue weighted by atomic mass is 32.2. The highest BCUT2D eigenvalue weighted by Crippen LogP contribution is 2.46. The smallest absolute Gasteiger partial charge is 0.323 e. The van der Waals surface area contributed by atoms with Crippen LogP contribution in [0, 0.1) is 0 Å². The Bertz CT molecular complexity index is 1240.